The van der Waals surface area contributed by atoms with Gasteiger partial charge in [0.2, 0.25) is 0 Å². The van der Waals surface area contributed by atoms with Gasteiger partial charge in [-0.1, -0.05) is 18.2 Å². The Morgan fingerprint density at radius 1 is 0.926 bits per heavy atom. The van der Waals surface area contributed by atoms with Crippen molar-refractivity contribution in [3.05, 3.63) is 59.2 Å². The van der Waals surface area contributed by atoms with E-state index in [9.17, 15) is 4.79 Å². The van der Waals surface area contributed by atoms with Gasteiger partial charge in [0.15, 0.2) is 0 Å². The Balaban J connectivity index is 0.00000126. The van der Waals surface area contributed by atoms with Crippen LogP contribution in [-0.4, -0.2) is 36.5 Å². The van der Waals surface area contributed by atoms with Crippen molar-refractivity contribution in [1.82, 2.24) is 0 Å². The number of ether oxygens (including phenoxy) is 2. The van der Waals surface area contributed by atoms with E-state index in [0.717, 1.165) is 30.6 Å². The van der Waals surface area contributed by atoms with Gasteiger partial charge in [-0.2, -0.15) is 0 Å². The molecule has 0 saturated heterocycles. The summed E-state index contributed by atoms with van der Waals surface area (Å²) >= 11 is 0. The summed E-state index contributed by atoms with van der Waals surface area (Å²) in [4.78, 5) is 10.6. The third-order valence-corrected chi connectivity index (χ3v) is 4.47. The van der Waals surface area contributed by atoms with Crippen LogP contribution >= 0.6 is 0 Å². The SMILES string of the molecule is CO.O=C(O)CCc1cccc(OCCOc2ccc3c(c2)CCCC3)c1. The number of carbonyl (C=O) groups is 1. The first-order valence-electron chi connectivity index (χ1n) is 9.33. The van der Waals surface area contributed by atoms with Crippen molar-refractivity contribution in [1.29, 1.82) is 0 Å². The molecule has 1 aliphatic rings. The second-order valence-electron chi connectivity index (χ2n) is 6.38. The third kappa shape index (κ3) is 6.94. The summed E-state index contributed by atoms with van der Waals surface area (Å²) in [5.74, 6) is 0.862. The molecule has 2 aromatic rings. The van der Waals surface area contributed by atoms with Gasteiger partial charge in [-0.05, 0) is 73.1 Å². The molecule has 5 heteroatoms. The number of hydrogen-bond donors (Lipinski definition) is 2. The fourth-order valence-electron chi connectivity index (χ4n) is 3.16. The summed E-state index contributed by atoms with van der Waals surface area (Å²) in [5, 5.41) is 15.8. The Morgan fingerprint density at radius 3 is 2.30 bits per heavy atom. The summed E-state index contributed by atoms with van der Waals surface area (Å²) in [6.45, 7) is 0.942. The van der Waals surface area contributed by atoms with Crippen LogP contribution in [0.15, 0.2) is 42.5 Å². The molecule has 146 valence electrons. The minimum Gasteiger partial charge on any atom is -0.490 e. The minimum absolute atomic E-state index is 0.130. The average Bonchev–Trinajstić information content (AvgIpc) is 2.71. The molecule has 3 rings (SSSR count). The van der Waals surface area contributed by atoms with Crippen LogP contribution in [0, 0.1) is 0 Å². The molecule has 0 saturated carbocycles. The summed E-state index contributed by atoms with van der Waals surface area (Å²) < 4.78 is 11.5. The third-order valence-electron chi connectivity index (χ3n) is 4.47. The molecule has 0 unspecified atom stereocenters. The number of fused-ring (bicyclic) bond motifs is 1. The Bertz CT molecular complexity index is 726. The Labute approximate surface area is 160 Å². The van der Waals surface area contributed by atoms with Crippen LogP contribution in [0.4, 0.5) is 0 Å². The summed E-state index contributed by atoms with van der Waals surface area (Å²) in [6.07, 6.45) is 5.51. The number of carboxylic acid groups (broad SMARTS) is 1. The fraction of sp³-hybridized carbons (Fsp3) is 0.409. The maximum absolute atomic E-state index is 10.6. The average molecular weight is 372 g/mol. The number of aliphatic hydroxyl groups is 1. The van der Waals surface area contributed by atoms with Crippen LogP contribution in [0.25, 0.3) is 0 Å². The van der Waals surface area contributed by atoms with Crippen LogP contribution in [-0.2, 0) is 24.1 Å². The summed E-state index contributed by atoms with van der Waals surface area (Å²) in [7, 11) is 1.00. The predicted molar refractivity (Wildman–Crippen MR) is 105 cm³/mol. The van der Waals surface area contributed by atoms with Crippen LogP contribution in [0.2, 0.25) is 0 Å². The molecular formula is C22H28O5. The molecule has 0 amide bonds. The first kappa shape index (κ1) is 20.8. The summed E-state index contributed by atoms with van der Waals surface area (Å²) in [6, 6.07) is 13.9. The normalized spacial score (nSPS) is 12.4. The maximum Gasteiger partial charge on any atom is 0.303 e. The topological polar surface area (TPSA) is 76.0 Å². The highest BCUT2D eigenvalue weighted by Crippen LogP contribution is 2.25. The minimum atomic E-state index is -0.787. The number of hydrogen-bond acceptors (Lipinski definition) is 4. The van der Waals surface area contributed by atoms with Gasteiger partial charge in [0.25, 0.3) is 0 Å². The van der Waals surface area contributed by atoms with E-state index in [0.29, 0.717) is 19.6 Å². The quantitative estimate of drug-likeness (QED) is 0.692. The molecule has 0 radical (unpaired) electrons. The number of aryl methyl sites for hydroxylation is 3. The number of benzene rings is 2. The maximum atomic E-state index is 10.6. The predicted octanol–water partition coefficient (Wildman–Crippen LogP) is 3.65. The Hall–Kier alpha value is -2.53. The molecule has 0 aromatic heterocycles. The molecule has 27 heavy (non-hydrogen) atoms. The number of aliphatic carboxylic acids is 1. The van der Waals surface area contributed by atoms with Crippen molar-refractivity contribution in [2.75, 3.05) is 20.3 Å². The zero-order valence-electron chi connectivity index (χ0n) is 15.8. The van der Waals surface area contributed by atoms with Gasteiger partial charge in [-0.15, -0.1) is 0 Å². The lowest BCUT2D eigenvalue weighted by Gasteiger charge is -2.17. The highest BCUT2D eigenvalue weighted by molar-refractivity contribution is 5.67. The lowest BCUT2D eigenvalue weighted by molar-refractivity contribution is -0.136. The van der Waals surface area contributed by atoms with Crippen LogP contribution in [0.3, 0.4) is 0 Å². The van der Waals surface area contributed by atoms with Crippen LogP contribution in [0.5, 0.6) is 11.5 Å². The number of aliphatic hydroxyl groups excluding tert-OH is 1. The van der Waals surface area contributed by atoms with E-state index >= 15 is 0 Å². The zero-order chi connectivity index (χ0) is 19.5. The number of carboxylic acids is 1. The molecule has 2 N–H and O–H groups in total. The number of rotatable bonds is 8. The molecule has 5 nitrogen and oxygen atoms in total. The van der Waals surface area contributed by atoms with E-state index < -0.39 is 5.97 Å². The van der Waals surface area contributed by atoms with E-state index in [-0.39, 0.29) is 6.42 Å². The van der Waals surface area contributed by atoms with Crippen LogP contribution in [0.1, 0.15) is 36.0 Å². The molecule has 0 atom stereocenters. The van der Waals surface area contributed by atoms with Crippen molar-refractivity contribution < 1.29 is 24.5 Å². The van der Waals surface area contributed by atoms with E-state index in [1.165, 1.54) is 30.4 Å². The van der Waals surface area contributed by atoms with E-state index in [4.69, 9.17) is 19.7 Å². The highest BCUT2D eigenvalue weighted by Gasteiger charge is 2.09. The second-order valence-corrected chi connectivity index (χ2v) is 6.38. The van der Waals surface area contributed by atoms with Crippen molar-refractivity contribution in [3.8, 4) is 11.5 Å². The Morgan fingerprint density at radius 2 is 1.59 bits per heavy atom. The zero-order valence-corrected chi connectivity index (χ0v) is 15.8. The van der Waals surface area contributed by atoms with Gasteiger partial charge in [0.1, 0.15) is 24.7 Å². The Kier molecular flexibility index (Phi) is 8.65. The molecule has 0 aliphatic heterocycles. The van der Waals surface area contributed by atoms with Gasteiger partial charge < -0.3 is 19.7 Å². The van der Waals surface area contributed by atoms with Gasteiger partial charge in [0.05, 0.1) is 0 Å². The second kappa shape index (κ2) is 11.2. The van der Waals surface area contributed by atoms with Crippen LogP contribution < -0.4 is 9.47 Å². The molecule has 0 heterocycles. The van der Waals surface area contributed by atoms with Gasteiger partial charge in [-0.3, -0.25) is 4.79 Å². The molecule has 0 bridgehead atoms. The van der Waals surface area contributed by atoms with Crippen molar-refractivity contribution >= 4 is 5.97 Å². The van der Waals surface area contributed by atoms with Crippen molar-refractivity contribution in [3.63, 3.8) is 0 Å². The largest absolute Gasteiger partial charge is 0.490 e. The van der Waals surface area contributed by atoms with Gasteiger partial charge in [-0.25, -0.2) is 0 Å². The van der Waals surface area contributed by atoms with Crippen molar-refractivity contribution in [2.24, 2.45) is 0 Å². The molecule has 0 fully saturated rings. The molecule has 2 aromatic carbocycles. The van der Waals surface area contributed by atoms with Gasteiger partial charge >= 0.3 is 5.97 Å². The van der Waals surface area contributed by atoms with E-state index in [2.05, 4.69) is 12.1 Å². The van der Waals surface area contributed by atoms with E-state index in [1.54, 1.807) is 0 Å². The lowest BCUT2D eigenvalue weighted by Crippen LogP contribution is -2.10. The standard InChI is InChI=1S/C21H24O4.CH4O/c22-21(23)11-8-16-4-3-7-19(14-16)24-12-13-25-20-10-9-17-5-1-2-6-18(17)15-20;1-2/h3-4,7,9-10,14-15H,1-2,5-6,8,11-13H2,(H,22,23);2H,1H3. The fourth-order valence-corrected chi connectivity index (χ4v) is 3.16. The smallest absolute Gasteiger partial charge is 0.303 e. The molecule has 1 aliphatic carbocycles. The summed E-state index contributed by atoms with van der Waals surface area (Å²) in [5.41, 5.74) is 3.83. The molecular weight excluding hydrogens is 344 g/mol. The first-order chi connectivity index (χ1) is 13.2. The lowest BCUT2D eigenvalue weighted by atomic mass is 9.92. The monoisotopic (exact) mass is 372 g/mol. The van der Waals surface area contributed by atoms with E-state index in [1.807, 2.05) is 30.3 Å². The highest BCUT2D eigenvalue weighted by atomic mass is 16.5. The van der Waals surface area contributed by atoms with Gasteiger partial charge in [0, 0.05) is 13.5 Å². The molecule has 0 spiro atoms. The van der Waals surface area contributed by atoms with Crippen molar-refractivity contribution in [2.45, 2.75) is 38.5 Å². The first-order valence-corrected chi connectivity index (χ1v) is 9.33.